The van der Waals surface area contributed by atoms with Gasteiger partial charge in [-0.3, -0.25) is 0 Å². The summed E-state index contributed by atoms with van der Waals surface area (Å²) in [4.78, 5) is 6.43. The fraction of sp³-hybridized carbons (Fsp3) is 0.600. The summed E-state index contributed by atoms with van der Waals surface area (Å²) < 4.78 is 25.6. The van der Waals surface area contributed by atoms with Crippen LogP contribution in [0.25, 0.3) is 0 Å². The molecular weight excluding hydrogens is 374 g/mol. The van der Waals surface area contributed by atoms with Crippen LogP contribution in [0.2, 0.25) is 0 Å². The minimum Gasteiger partial charge on any atom is -0.322 e. The van der Waals surface area contributed by atoms with Crippen LogP contribution in [0.3, 0.4) is 0 Å². The lowest BCUT2D eigenvalue weighted by Gasteiger charge is -2.18. The molecule has 1 saturated heterocycles. The maximum Gasteiger partial charge on any atom is 0.247 e. The number of likely N-dealkylation sites (tertiary alicyclic amines) is 1. The second-order valence-electron chi connectivity index (χ2n) is 8.38. The zero-order valence-electron chi connectivity index (χ0n) is 16.3. The molecule has 1 aliphatic heterocycles. The second-order valence-corrected chi connectivity index (χ2v) is 10.3. The van der Waals surface area contributed by atoms with Crippen molar-refractivity contribution in [2.24, 2.45) is 0 Å². The van der Waals surface area contributed by atoms with Crippen LogP contribution in [0.15, 0.2) is 11.2 Å². The summed E-state index contributed by atoms with van der Waals surface area (Å²) in [5.41, 5.74) is 6.71. The number of benzene rings is 1. The second kappa shape index (κ2) is 6.84. The average Bonchev–Trinajstić information content (AvgIpc) is 3.42. The first kappa shape index (κ1) is 18.1. The largest absolute Gasteiger partial charge is 0.322 e. The zero-order chi connectivity index (χ0) is 19.3. The topological polar surface area (TPSA) is 91.0 Å². The smallest absolute Gasteiger partial charge is 0.247 e. The Kier molecular flexibility index (Phi) is 4.43. The molecule has 1 aromatic heterocycles. The highest BCUT2D eigenvalue weighted by Crippen LogP contribution is 2.39. The number of aryl methyl sites for hydroxylation is 2. The van der Waals surface area contributed by atoms with Crippen molar-refractivity contribution in [2.75, 3.05) is 24.7 Å². The Hall–Kier alpha value is -1.93. The van der Waals surface area contributed by atoms with Crippen LogP contribution in [0, 0.1) is 0 Å². The first-order valence-corrected chi connectivity index (χ1v) is 12.0. The molecule has 8 heteroatoms. The number of aromatic amines is 1. The number of hydrogen-bond acceptors (Lipinski definition) is 6. The zero-order valence-corrected chi connectivity index (χ0v) is 17.1. The molecule has 7 nitrogen and oxygen atoms in total. The Morgan fingerprint density at radius 3 is 2.50 bits per heavy atom. The third-order valence-electron chi connectivity index (χ3n) is 6.55. The minimum atomic E-state index is -3.48. The summed E-state index contributed by atoms with van der Waals surface area (Å²) in [6.07, 6.45) is 8.69. The third-order valence-corrected chi connectivity index (χ3v) is 8.15. The predicted octanol–water partition coefficient (Wildman–Crippen LogP) is 2.39. The minimum absolute atomic E-state index is 0.0282. The van der Waals surface area contributed by atoms with Crippen LogP contribution < -0.4 is 5.32 Å². The van der Waals surface area contributed by atoms with Crippen molar-refractivity contribution in [3.05, 3.63) is 28.3 Å². The van der Waals surface area contributed by atoms with Crippen LogP contribution in [0.5, 0.6) is 0 Å². The highest BCUT2D eigenvalue weighted by atomic mass is 32.2. The lowest BCUT2D eigenvalue weighted by atomic mass is 9.99. The van der Waals surface area contributed by atoms with Gasteiger partial charge in [-0.05, 0) is 87.2 Å². The number of hydrogen-bond donors (Lipinski definition) is 2. The molecule has 5 rings (SSSR count). The van der Waals surface area contributed by atoms with E-state index in [2.05, 4.69) is 31.5 Å². The van der Waals surface area contributed by atoms with Crippen LogP contribution in [0.1, 0.15) is 47.9 Å². The molecule has 1 fully saturated rings. The van der Waals surface area contributed by atoms with E-state index in [1.54, 1.807) is 0 Å². The van der Waals surface area contributed by atoms with Gasteiger partial charge in [0.2, 0.25) is 20.9 Å². The van der Waals surface area contributed by atoms with E-state index in [1.165, 1.54) is 35.1 Å². The Labute approximate surface area is 165 Å². The first-order chi connectivity index (χ1) is 13.5. The maximum atomic E-state index is 12.8. The van der Waals surface area contributed by atoms with Gasteiger partial charge in [0.05, 0.1) is 5.75 Å². The highest BCUT2D eigenvalue weighted by Gasteiger charge is 2.30. The summed E-state index contributed by atoms with van der Waals surface area (Å²) in [6.45, 7) is 0.952. The predicted molar refractivity (Wildman–Crippen MR) is 108 cm³/mol. The Bertz CT molecular complexity index is 982. The van der Waals surface area contributed by atoms with Gasteiger partial charge in [0.1, 0.15) is 0 Å². The van der Waals surface area contributed by atoms with Crippen LogP contribution >= 0.6 is 0 Å². The van der Waals surface area contributed by atoms with E-state index in [0.29, 0.717) is 5.95 Å². The Morgan fingerprint density at radius 1 is 1.14 bits per heavy atom. The van der Waals surface area contributed by atoms with E-state index in [-0.39, 0.29) is 17.0 Å². The fourth-order valence-electron chi connectivity index (χ4n) is 5.04. The lowest BCUT2D eigenvalue weighted by Crippen LogP contribution is -2.32. The molecule has 1 unspecified atom stereocenters. The van der Waals surface area contributed by atoms with Crippen LogP contribution in [-0.4, -0.2) is 53.9 Å². The molecule has 0 amide bonds. The first-order valence-electron chi connectivity index (χ1n) is 10.3. The van der Waals surface area contributed by atoms with E-state index in [1.807, 2.05) is 7.05 Å². The van der Waals surface area contributed by atoms with E-state index in [4.69, 9.17) is 0 Å². The van der Waals surface area contributed by atoms with E-state index in [0.717, 1.165) is 50.8 Å². The number of anilines is 2. The number of nitrogens with zero attached hydrogens (tertiary/aromatic N) is 3. The van der Waals surface area contributed by atoms with Gasteiger partial charge in [-0.1, -0.05) is 6.07 Å². The number of aromatic nitrogens is 3. The number of fused-ring (bicyclic) bond motifs is 2. The summed E-state index contributed by atoms with van der Waals surface area (Å²) in [7, 11) is -1.50. The third kappa shape index (κ3) is 3.12. The van der Waals surface area contributed by atoms with Crippen molar-refractivity contribution in [3.63, 3.8) is 0 Å². The lowest BCUT2D eigenvalue weighted by molar-refractivity contribution is 0.331. The van der Waals surface area contributed by atoms with Gasteiger partial charge in [0, 0.05) is 11.7 Å². The Balaban J connectivity index is 1.41. The molecule has 2 aliphatic carbocycles. The van der Waals surface area contributed by atoms with Gasteiger partial charge >= 0.3 is 0 Å². The van der Waals surface area contributed by atoms with Crippen molar-refractivity contribution in [1.29, 1.82) is 0 Å². The molecule has 2 heterocycles. The number of nitrogens with one attached hydrogen (secondary N) is 2. The molecule has 0 radical (unpaired) electrons. The molecule has 1 aromatic carbocycles. The SMILES string of the molecule is CN1CCCC1CS(=O)(=O)c1nc(Nc2c3c(cc4c2CCC4)CCC3)n[nH]1. The molecule has 0 saturated carbocycles. The summed E-state index contributed by atoms with van der Waals surface area (Å²) >= 11 is 0. The van der Waals surface area contributed by atoms with Crippen LogP contribution in [-0.2, 0) is 35.5 Å². The fourth-order valence-corrected chi connectivity index (χ4v) is 6.54. The molecule has 2 aromatic rings. The van der Waals surface area contributed by atoms with Crippen LogP contribution in [0.4, 0.5) is 11.6 Å². The highest BCUT2D eigenvalue weighted by molar-refractivity contribution is 7.91. The maximum absolute atomic E-state index is 12.8. The summed E-state index contributed by atoms with van der Waals surface area (Å²) in [5.74, 6) is 0.446. The average molecular weight is 402 g/mol. The van der Waals surface area contributed by atoms with E-state index < -0.39 is 9.84 Å². The van der Waals surface area contributed by atoms with Gasteiger partial charge in [0.15, 0.2) is 0 Å². The van der Waals surface area contributed by atoms with Gasteiger partial charge in [0.25, 0.3) is 0 Å². The van der Waals surface area contributed by atoms with Gasteiger partial charge < -0.3 is 10.2 Å². The molecule has 1 atom stereocenters. The van der Waals surface area contributed by atoms with Gasteiger partial charge in [-0.25, -0.2) is 13.5 Å². The van der Waals surface area contributed by atoms with Crippen molar-refractivity contribution in [1.82, 2.24) is 20.1 Å². The molecule has 28 heavy (non-hydrogen) atoms. The molecule has 3 aliphatic rings. The standard InChI is InChI=1S/C20H27N5O2S/c1-25-10-4-7-15(25)12-28(26,27)20-22-19(23-24-20)21-18-16-8-2-5-13(16)11-14-6-3-9-17(14)18/h11,15H,2-10,12H2,1H3,(H2,21,22,23,24). The van der Waals surface area contributed by atoms with Crippen molar-refractivity contribution in [3.8, 4) is 0 Å². The quantitative estimate of drug-likeness (QED) is 0.799. The molecule has 0 spiro atoms. The molecular formula is C20H27N5O2S. The monoisotopic (exact) mass is 401 g/mol. The molecule has 150 valence electrons. The van der Waals surface area contributed by atoms with E-state index in [9.17, 15) is 8.42 Å². The number of rotatable bonds is 5. The van der Waals surface area contributed by atoms with Crippen molar-refractivity contribution < 1.29 is 8.42 Å². The van der Waals surface area contributed by atoms with Crippen molar-refractivity contribution >= 4 is 21.5 Å². The summed E-state index contributed by atoms with van der Waals surface area (Å²) in [6, 6.07) is 2.44. The van der Waals surface area contributed by atoms with Crippen molar-refractivity contribution in [2.45, 2.75) is 62.6 Å². The normalized spacial score (nSPS) is 21.8. The van der Waals surface area contributed by atoms with Gasteiger partial charge in [-0.15, -0.1) is 5.10 Å². The molecule has 0 bridgehead atoms. The number of sulfone groups is 1. The molecule has 2 N–H and O–H groups in total. The number of H-pyrrole nitrogens is 1. The van der Waals surface area contributed by atoms with Gasteiger partial charge in [-0.2, -0.15) is 4.98 Å². The summed E-state index contributed by atoms with van der Waals surface area (Å²) in [5, 5.41) is 10.2. The van der Waals surface area contributed by atoms with E-state index >= 15 is 0 Å². The Morgan fingerprint density at radius 2 is 1.86 bits per heavy atom.